The van der Waals surface area contributed by atoms with Gasteiger partial charge in [-0.3, -0.25) is 0 Å². The lowest BCUT2D eigenvalue weighted by atomic mass is 9.87. The molecule has 1 rings (SSSR count). The third-order valence-electron chi connectivity index (χ3n) is 4.61. The molecular formula is C20H34O. The fraction of sp³-hybridized carbons (Fsp3) is 0.700. The highest BCUT2D eigenvalue weighted by molar-refractivity contribution is 5.08. The van der Waals surface area contributed by atoms with Crippen LogP contribution in [0.25, 0.3) is 0 Å². The zero-order valence-corrected chi connectivity index (χ0v) is 14.7. The molecular weight excluding hydrogens is 256 g/mol. The second kappa shape index (κ2) is 8.58. The third-order valence-corrected chi connectivity index (χ3v) is 4.61. The minimum absolute atomic E-state index is 0.556. The predicted octanol–water partition coefficient (Wildman–Crippen LogP) is 5.81. The Morgan fingerprint density at radius 3 is 2.38 bits per heavy atom. The van der Waals surface area contributed by atoms with E-state index in [1.165, 1.54) is 17.6 Å². The lowest BCUT2D eigenvalue weighted by molar-refractivity contribution is 0.102. The van der Waals surface area contributed by atoms with Gasteiger partial charge >= 0.3 is 0 Å². The number of hydrogen-bond acceptors (Lipinski definition) is 1. The average Bonchev–Trinajstić information content (AvgIpc) is 2.37. The molecule has 0 radical (unpaired) electrons. The number of aliphatic hydroxyl groups is 1. The summed E-state index contributed by atoms with van der Waals surface area (Å²) in [6.07, 6.45) is 15.4. The van der Waals surface area contributed by atoms with Gasteiger partial charge in [0.1, 0.15) is 0 Å². The third kappa shape index (κ3) is 7.66. The van der Waals surface area contributed by atoms with Gasteiger partial charge in [-0.1, -0.05) is 49.3 Å². The maximum atomic E-state index is 10.5. The van der Waals surface area contributed by atoms with E-state index in [0.717, 1.165) is 32.1 Å². The van der Waals surface area contributed by atoms with Gasteiger partial charge in [0.15, 0.2) is 0 Å². The zero-order chi connectivity index (χ0) is 15.9. The Kier molecular flexibility index (Phi) is 7.45. The predicted molar refractivity (Wildman–Crippen MR) is 93.3 cm³/mol. The van der Waals surface area contributed by atoms with E-state index < -0.39 is 5.60 Å². The molecule has 0 aromatic heterocycles. The number of allylic oxidation sites excluding steroid dienone is 5. The van der Waals surface area contributed by atoms with Crippen molar-refractivity contribution >= 4 is 0 Å². The van der Waals surface area contributed by atoms with Crippen molar-refractivity contribution in [2.24, 2.45) is 11.8 Å². The van der Waals surface area contributed by atoms with E-state index in [1.807, 2.05) is 13.0 Å². The summed E-state index contributed by atoms with van der Waals surface area (Å²) in [6, 6.07) is 0. The van der Waals surface area contributed by atoms with E-state index in [9.17, 15) is 5.11 Å². The van der Waals surface area contributed by atoms with Crippen LogP contribution in [0.3, 0.4) is 0 Å². The first-order valence-corrected chi connectivity index (χ1v) is 8.53. The van der Waals surface area contributed by atoms with Crippen LogP contribution < -0.4 is 0 Å². The first-order chi connectivity index (χ1) is 9.80. The second-order valence-electron chi connectivity index (χ2n) is 7.34. The van der Waals surface area contributed by atoms with Gasteiger partial charge in [-0.15, -0.1) is 0 Å². The van der Waals surface area contributed by atoms with Crippen molar-refractivity contribution in [1.29, 1.82) is 0 Å². The van der Waals surface area contributed by atoms with Gasteiger partial charge in [0.2, 0.25) is 0 Å². The SMILES string of the molecule is C/C1=C/CC[C@@](C)(O)/C=C/[C@@H](C(C)C)CC/C(C)=C/CC1. The van der Waals surface area contributed by atoms with E-state index in [2.05, 4.69) is 45.9 Å². The summed E-state index contributed by atoms with van der Waals surface area (Å²) < 4.78 is 0. The zero-order valence-electron chi connectivity index (χ0n) is 14.7. The summed E-state index contributed by atoms with van der Waals surface area (Å²) in [5.74, 6) is 1.18. The van der Waals surface area contributed by atoms with Gasteiger partial charge in [-0.05, 0) is 71.1 Å². The summed E-state index contributed by atoms with van der Waals surface area (Å²) in [7, 11) is 0. The molecule has 0 amide bonds. The molecule has 0 heterocycles. The van der Waals surface area contributed by atoms with Crippen molar-refractivity contribution in [2.45, 2.75) is 78.7 Å². The van der Waals surface area contributed by atoms with E-state index in [1.54, 1.807) is 0 Å². The minimum Gasteiger partial charge on any atom is -0.386 e. The molecule has 0 fully saturated rings. The summed E-state index contributed by atoms with van der Waals surface area (Å²) in [4.78, 5) is 0. The molecule has 0 aromatic carbocycles. The molecule has 1 heteroatoms. The van der Waals surface area contributed by atoms with Gasteiger partial charge in [-0.2, -0.15) is 0 Å². The highest BCUT2D eigenvalue weighted by Crippen LogP contribution is 2.25. The Morgan fingerprint density at radius 2 is 1.71 bits per heavy atom. The Bertz CT molecular complexity index is 396. The first kappa shape index (κ1) is 18.2. The van der Waals surface area contributed by atoms with Crippen LogP contribution in [0.15, 0.2) is 35.5 Å². The number of rotatable bonds is 1. The van der Waals surface area contributed by atoms with Crippen LogP contribution in [-0.2, 0) is 0 Å². The highest BCUT2D eigenvalue weighted by Gasteiger charge is 2.17. The Balaban J connectivity index is 2.87. The van der Waals surface area contributed by atoms with E-state index >= 15 is 0 Å². The maximum Gasteiger partial charge on any atom is 0.0802 e. The minimum atomic E-state index is -0.682. The molecule has 0 spiro atoms. The summed E-state index contributed by atoms with van der Waals surface area (Å²) in [5.41, 5.74) is 2.26. The molecule has 1 N–H and O–H groups in total. The van der Waals surface area contributed by atoms with E-state index in [0.29, 0.717) is 11.8 Å². The molecule has 2 atom stereocenters. The molecule has 0 bridgehead atoms. The molecule has 1 aliphatic rings. The van der Waals surface area contributed by atoms with Crippen molar-refractivity contribution in [3.63, 3.8) is 0 Å². The van der Waals surface area contributed by atoms with Gasteiger partial charge in [0.25, 0.3) is 0 Å². The van der Waals surface area contributed by atoms with Crippen molar-refractivity contribution < 1.29 is 5.11 Å². The fourth-order valence-electron chi connectivity index (χ4n) is 2.82. The van der Waals surface area contributed by atoms with Crippen LogP contribution in [0.2, 0.25) is 0 Å². The van der Waals surface area contributed by atoms with Crippen molar-refractivity contribution in [3.8, 4) is 0 Å². The summed E-state index contributed by atoms with van der Waals surface area (Å²) in [5, 5.41) is 10.5. The molecule has 21 heavy (non-hydrogen) atoms. The normalized spacial score (nSPS) is 36.2. The monoisotopic (exact) mass is 290 g/mol. The molecule has 1 aliphatic carbocycles. The van der Waals surface area contributed by atoms with Crippen molar-refractivity contribution in [2.75, 3.05) is 0 Å². The fourth-order valence-corrected chi connectivity index (χ4v) is 2.82. The molecule has 0 unspecified atom stereocenters. The van der Waals surface area contributed by atoms with Gasteiger partial charge < -0.3 is 5.11 Å². The standard InChI is InChI=1S/C20H34O/c1-16(2)19-12-11-18(4)9-6-8-17(3)10-7-14-20(5,21)15-13-19/h9-10,13,15-16,19,21H,6-8,11-12,14H2,1-5H3/b15-13+,17-10-,18-9+/t19-,20+/m0/s1. The van der Waals surface area contributed by atoms with Crippen LogP contribution in [-0.4, -0.2) is 10.7 Å². The van der Waals surface area contributed by atoms with Crippen LogP contribution in [0.5, 0.6) is 0 Å². The van der Waals surface area contributed by atoms with Crippen LogP contribution in [0, 0.1) is 11.8 Å². The maximum absolute atomic E-state index is 10.5. The van der Waals surface area contributed by atoms with E-state index in [4.69, 9.17) is 0 Å². The highest BCUT2D eigenvalue weighted by atomic mass is 16.3. The van der Waals surface area contributed by atoms with Crippen molar-refractivity contribution in [1.82, 2.24) is 0 Å². The number of hydrogen-bond donors (Lipinski definition) is 1. The van der Waals surface area contributed by atoms with Gasteiger partial charge in [0.05, 0.1) is 5.60 Å². The van der Waals surface area contributed by atoms with Gasteiger partial charge in [-0.25, -0.2) is 0 Å². The van der Waals surface area contributed by atoms with Crippen LogP contribution >= 0.6 is 0 Å². The van der Waals surface area contributed by atoms with Crippen molar-refractivity contribution in [3.05, 3.63) is 35.5 Å². The summed E-state index contributed by atoms with van der Waals surface area (Å²) >= 11 is 0. The first-order valence-electron chi connectivity index (χ1n) is 8.53. The Hall–Kier alpha value is -0.820. The molecule has 0 aliphatic heterocycles. The Labute approximate surface area is 131 Å². The van der Waals surface area contributed by atoms with Crippen LogP contribution in [0.1, 0.15) is 73.1 Å². The van der Waals surface area contributed by atoms with E-state index in [-0.39, 0.29) is 0 Å². The Morgan fingerprint density at radius 1 is 1.10 bits per heavy atom. The molecule has 0 saturated carbocycles. The van der Waals surface area contributed by atoms with Crippen LogP contribution in [0.4, 0.5) is 0 Å². The topological polar surface area (TPSA) is 20.2 Å². The molecule has 0 saturated heterocycles. The lowest BCUT2D eigenvalue weighted by Crippen LogP contribution is -2.21. The quantitative estimate of drug-likeness (QED) is 0.604. The largest absolute Gasteiger partial charge is 0.386 e. The average molecular weight is 290 g/mol. The summed E-state index contributed by atoms with van der Waals surface area (Å²) in [6.45, 7) is 10.9. The van der Waals surface area contributed by atoms with Gasteiger partial charge in [0, 0.05) is 0 Å². The molecule has 120 valence electrons. The second-order valence-corrected chi connectivity index (χ2v) is 7.34. The smallest absolute Gasteiger partial charge is 0.0802 e. The lowest BCUT2D eigenvalue weighted by Gasteiger charge is -2.22. The molecule has 0 aromatic rings. The molecule has 1 nitrogen and oxygen atoms in total.